The molecule has 2 aromatic heterocycles. The van der Waals surface area contributed by atoms with Crippen LogP contribution in [0.3, 0.4) is 0 Å². The largest absolute Gasteiger partial charge is 0.384 e. The molecule has 0 spiro atoms. The van der Waals surface area contributed by atoms with Crippen LogP contribution in [-0.2, 0) is 4.79 Å². The van der Waals surface area contributed by atoms with Crippen LogP contribution in [0.5, 0.6) is 0 Å². The third-order valence-electron chi connectivity index (χ3n) is 6.03. The van der Waals surface area contributed by atoms with Crippen LogP contribution >= 0.6 is 0 Å². The fourth-order valence-corrected chi connectivity index (χ4v) is 4.11. The van der Waals surface area contributed by atoms with Gasteiger partial charge in [0.15, 0.2) is 5.65 Å². The van der Waals surface area contributed by atoms with E-state index in [1.807, 2.05) is 18.2 Å². The Kier molecular flexibility index (Phi) is 8.65. The van der Waals surface area contributed by atoms with Gasteiger partial charge in [0.05, 0.1) is 6.20 Å². The number of benzene rings is 1. The summed E-state index contributed by atoms with van der Waals surface area (Å²) in [5.74, 6) is 1.13. The number of aromatic nitrogens is 3. The van der Waals surface area contributed by atoms with E-state index in [1.165, 1.54) is 38.2 Å². The molecule has 1 aromatic carbocycles. The van der Waals surface area contributed by atoms with Gasteiger partial charge in [-0.2, -0.15) is 9.61 Å². The van der Waals surface area contributed by atoms with E-state index >= 15 is 0 Å². The second kappa shape index (κ2) is 11.7. The van der Waals surface area contributed by atoms with E-state index in [0.717, 1.165) is 22.9 Å². The lowest BCUT2D eigenvalue weighted by Crippen LogP contribution is -2.29. The van der Waals surface area contributed by atoms with E-state index < -0.39 is 0 Å². The number of nitrogens with zero attached hydrogens (tertiary/aromatic N) is 4. The monoisotopic (exact) mass is 463 g/mol. The lowest BCUT2D eigenvalue weighted by Gasteiger charge is -2.27. The molecule has 8 heteroatoms. The molecule has 0 radical (unpaired) electrons. The van der Waals surface area contributed by atoms with Gasteiger partial charge in [-0.1, -0.05) is 45.8 Å². The van der Waals surface area contributed by atoms with Gasteiger partial charge in [0.2, 0.25) is 5.91 Å². The third-order valence-corrected chi connectivity index (χ3v) is 6.03. The lowest BCUT2D eigenvalue weighted by atomic mass is 9.95. The molecule has 0 aliphatic heterocycles. The van der Waals surface area contributed by atoms with Crippen molar-refractivity contribution in [2.75, 3.05) is 30.5 Å². The molecule has 0 unspecified atom stereocenters. The molecular formula is C26H37N7O. The molecule has 1 aliphatic rings. The molecule has 8 nitrogen and oxygen atoms in total. The van der Waals surface area contributed by atoms with Crippen LogP contribution < -0.4 is 16.4 Å². The normalized spacial score (nSPS) is 14.1. The van der Waals surface area contributed by atoms with Crippen molar-refractivity contribution in [3.8, 4) is 0 Å². The number of anilines is 4. The number of carbonyl (C=O) groups excluding carboxylic acids is 1. The van der Waals surface area contributed by atoms with E-state index in [0.29, 0.717) is 17.3 Å². The summed E-state index contributed by atoms with van der Waals surface area (Å²) in [7, 11) is 4.38. The minimum atomic E-state index is -0.263. The smallest absolute Gasteiger partial charge is 0.247 e. The third kappa shape index (κ3) is 6.57. The summed E-state index contributed by atoms with van der Waals surface area (Å²) < 4.78 is 1.72. The molecule has 4 rings (SSSR count). The molecular weight excluding hydrogens is 426 g/mol. The topological polar surface area (TPSA) is 101 Å². The molecule has 0 saturated heterocycles. The summed E-state index contributed by atoms with van der Waals surface area (Å²) in [6.07, 6.45) is 10.2. The Labute approximate surface area is 202 Å². The van der Waals surface area contributed by atoms with E-state index in [1.54, 1.807) is 22.8 Å². The second-order valence-electron chi connectivity index (χ2n) is 9.21. The Morgan fingerprint density at radius 2 is 1.91 bits per heavy atom. The standard InChI is InChI=1S/C18H20N6O.C8H17N/c1-4-17(25)22-13-7-5-6-12(8-13)21-16-9-15(19)23-18-14(11(2)3)10-20-24(16)18;1-9(2)8-6-4-3-5-7-8/h4-11,21H,1H2,2-3H3,(H2,19,23)(H,22,25);8H,3-7H2,1-2H3. The zero-order valence-electron chi connectivity index (χ0n) is 20.7. The number of amides is 1. The average Bonchev–Trinajstić information content (AvgIpc) is 3.24. The van der Waals surface area contributed by atoms with E-state index in [-0.39, 0.29) is 11.8 Å². The Bertz CT molecular complexity index is 1110. The first kappa shape index (κ1) is 25.2. The first-order chi connectivity index (χ1) is 16.3. The molecule has 1 aliphatic carbocycles. The van der Waals surface area contributed by atoms with Gasteiger partial charge in [-0.3, -0.25) is 4.79 Å². The van der Waals surface area contributed by atoms with Gasteiger partial charge >= 0.3 is 0 Å². The van der Waals surface area contributed by atoms with Crippen LogP contribution in [-0.4, -0.2) is 45.5 Å². The van der Waals surface area contributed by atoms with Crippen LogP contribution in [0, 0.1) is 0 Å². The number of carbonyl (C=O) groups is 1. The molecule has 1 amide bonds. The maximum atomic E-state index is 11.4. The Morgan fingerprint density at radius 3 is 2.53 bits per heavy atom. The summed E-state index contributed by atoms with van der Waals surface area (Å²) >= 11 is 0. The van der Waals surface area contributed by atoms with Gasteiger partial charge in [0.1, 0.15) is 11.6 Å². The molecule has 4 N–H and O–H groups in total. The van der Waals surface area contributed by atoms with Gasteiger partial charge in [-0.05, 0) is 57.1 Å². The highest BCUT2D eigenvalue weighted by atomic mass is 16.1. The number of hydrogen-bond acceptors (Lipinski definition) is 6. The number of fused-ring (bicyclic) bond motifs is 1. The zero-order valence-corrected chi connectivity index (χ0v) is 20.7. The van der Waals surface area contributed by atoms with Gasteiger partial charge < -0.3 is 21.3 Å². The van der Waals surface area contributed by atoms with Crippen molar-refractivity contribution < 1.29 is 4.79 Å². The molecule has 3 aromatic rings. The molecule has 1 fully saturated rings. The van der Waals surface area contributed by atoms with Crippen molar-refractivity contribution in [1.82, 2.24) is 19.5 Å². The number of nitrogens with two attached hydrogens (primary N) is 1. The number of rotatable bonds is 6. The van der Waals surface area contributed by atoms with Gasteiger partial charge in [-0.25, -0.2) is 4.98 Å². The van der Waals surface area contributed by atoms with Crippen molar-refractivity contribution in [3.63, 3.8) is 0 Å². The molecule has 34 heavy (non-hydrogen) atoms. The van der Waals surface area contributed by atoms with Crippen LogP contribution in [0.25, 0.3) is 5.65 Å². The molecule has 0 bridgehead atoms. The fourth-order valence-electron chi connectivity index (χ4n) is 4.11. The van der Waals surface area contributed by atoms with Crippen LogP contribution in [0.2, 0.25) is 0 Å². The predicted molar refractivity (Wildman–Crippen MR) is 141 cm³/mol. The molecule has 182 valence electrons. The highest BCUT2D eigenvalue weighted by Gasteiger charge is 2.14. The highest BCUT2D eigenvalue weighted by molar-refractivity contribution is 5.99. The van der Waals surface area contributed by atoms with E-state index in [4.69, 9.17) is 5.73 Å². The maximum absolute atomic E-state index is 11.4. The summed E-state index contributed by atoms with van der Waals surface area (Å²) in [5.41, 5.74) is 9.17. The summed E-state index contributed by atoms with van der Waals surface area (Å²) in [4.78, 5) is 18.2. The van der Waals surface area contributed by atoms with Crippen LogP contribution in [0.1, 0.15) is 57.4 Å². The zero-order chi connectivity index (χ0) is 24.7. The lowest BCUT2D eigenvalue weighted by molar-refractivity contribution is -0.111. The average molecular weight is 464 g/mol. The Morgan fingerprint density at radius 1 is 1.21 bits per heavy atom. The summed E-state index contributed by atoms with van der Waals surface area (Å²) in [5, 5.41) is 10.4. The minimum Gasteiger partial charge on any atom is -0.384 e. The summed E-state index contributed by atoms with van der Waals surface area (Å²) in [6, 6.07) is 9.95. The van der Waals surface area contributed by atoms with E-state index in [9.17, 15) is 4.79 Å². The molecule has 2 heterocycles. The highest BCUT2D eigenvalue weighted by Crippen LogP contribution is 2.26. The SMILES string of the molecule is C=CC(=O)Nc1cccc(Nc2cc(N)nc3c(C(C)C)cnn23)c1.CN(C)C1CCCCC1. The van der Waals surface area contributed by atoms with E-state index in [2.05, 4.69) is 60.1 Å². The van der Waals surface area contributed by atoms with Gasteiger partial charge in [0, 0.05) is 29.0 Å². The molecule has 0 atom stereocenters. The first-order valence-corrected chi connectivity index (χ1v) is 11.9. The number of nitrogens with one attached hydrogen (secondary N) is 2. The maximum Gasteiger partial charge on any atom is 0.247 e. The van der Waals surface area contributed by atoms with Crippen molar-refractivity contribution in [1.29, 1.82) is 0 Å². The molecule has 1 saturated carbocycles. The fraction of sp³-hybridized carbons (Fsp3) is 0.423. The van der Waals surface area contributed by atoms with Crippen molar-refractivity contribution in [2.45, 2.75) is 57.9 Å². The van der Waals surface area contributed by atoms with Crippen molar-refractivity contribution in [2.24, 2.45) is 0 Å². The van der Waals surface area contributed by atoms with Gasteiger partial charge in [-0.15, -0.1) is 0 Å². The van der Waals surface area contributed by atoms with Crippen LogP contribution in [0.15, 0.2) is 49.2 Å². The second-order valence-corrected chi connectivity index (χ2v) is 9.21. The Balaban J connectivity index is 0.000000302. The number of hydrogen-bond donors (Lipinski definition) is 3. The summed E-state index contributed by atoms with van der Waals surface area (Å²) in [6.45, 7) is 7.62. The quantitative estimate of drug-likeness (QED) is 0.435. The Hall–Kier alpha value is -3.39. The van der Waals surface area contributed by atoms with Gasteiger partial charge in [0.25, 0.3) is 0 Å². The van der Waals surface area contributed by atoms with Crippen LogP contribution in [0.4, 0.5) is 23.0 Å². The minimum absolute atomic E-state index is 0.263. The van der Waals surface area contributed by atoms with Crippen molar-refractivity contribution in [3.05, 3.63) is 54.7 Å². The van der Waals surface area contributed by atoms with Crippen molar-refractivity contribution >= 4 is 34.6 Å². The first-order valence-electron chi connectivity index (χ1n) is 11.9. The number of nitrogen functional groups attached to an aromatic ring is 1. The predicted octanol–water partition coefficient (Wildman–Crippen LogP) is 5.18.